The lowest BCUT2D eigenvalue weighted by Crippen LogP contribution is -2.45. The standard InChI is InChI=1S/C9H17NO3/c1-7(9(11)12)10-5-3-8(13-2)4-6-10/h7-8H,3-6H2,1-2H3,(H,11,12). The topological polar surface area (TPSA) is 49.8 Å². The molecule has 13 heavy (non-hydrogen) atoms. The molecule has 0 aromatic rings. The van der Waals surface area contributed by atoms with Crippen molar-refractivity contribution >= 4 is 5.97 Å². The van der Waals surface area contributed by atoms with E-state index in [-0.39, 0.29) is 6.04 Å². The van der Waals surface area contributed by atoms with Gasteiger partial charge in [0.05, 0.1) is 6.10 Å². The molecular weight excluding hydrogens is 170 g/mol. The second kappa shape index (κ2) is 4.58. The molecule has 0 amide bonds. The van der Waals surface area contributed by atoms with Crippen LogP contribution < -0.4 is 0 Å². The van der Waals surface area contributed by atoms with Crippen molar-refractivity contribution in [2.75, 3.05) is 20.2 Å². The predicted octanol–water partition coefficient (Wildman–Crippen LogP) is 0.570. The van der Waals surface area contributed by atoms with Gasteiger partial charge in [0.25, 0.3) is 0 Å². The highest BCUT2D eigenvalue weighted by molar-refractivity contribution is 5.72. The number of methoxy groups -OCH3 is 1. The van der Waals surface area contributed by atoms with Crippen molar-refractivity contribution < 1.29 is 14.6 Å². The van der Waals surface area contributed by atoms with Crippen molar-refractivity contribution in [1.82, 2.24) is 4.90 Å². The molecule has 0 aromatic carbocycles. The summed E-state index contributed by atoms with van der Waals surface area (Å²) >= 11 is 0. The van der Waals surface area contributed by atoms with Crippen molar-refractivity contribution in [3.05, 3.63) is 0 Å². The zero-order valence-electron chi connectivity index (χ0n) is 8.19. The van der Waals surface area contributed by atoms with Crippen molar-refractivity contribution in [3.63, 3.8) is 0 Å². The fourth-order valence-corrected chi connectivity index (χ4v) is 1.65. The van der Waals surface area contributed by atoms with Crippen LogP contribution in [0.2, 0.25) is 0 Å². The van der Waals surface area contributed by atoms with Gasteiger partial charge in [-0.15, -0.1) is 0 Å². The first-order valence-corrected chi connectivity index (χ1v) is 4.64. The summed E-state index contributed by atoms with van der Waals surface area (Å²) in [5.74, 6) is -0.740. The van der Waals surface area contributed by atoms with Crippen LogP contribution in [0.3, 0.4) is 0 Å². The second-order valence-corrected chi connectivity index (χ2v) is 3.49. The summed E-state index contributed by atoms with van der Waals surface area (Å²) < 4.78 is 5.21. The molecule has 1 N–H and O–H groups in total. The molecule has 1 unspecified atom stereocenters. The number of rotatable bonds is 3. The smallest absolute Gasteiger partial charge is 0.320 e. The number of carbonyl (C=O) groups is 1. The number of nitrogens with zero attached hydrogens (tertiary/aromatic N) is 1. The number of hydrogen-bond donors (Lipinski definition) is 1. The van der Waals surface area contributed by atoms with E-state index in [0.717, 1.165) is 25.9 Å². The minimum Gasteiger partial charge on any atom is -0.480 e. The summed E-state index contributed by atoms with van der Waals surface area (Å²) in [6.45, 7) is 3.38. The SMILES string of the molecule is COC1CCN(C(C)C(=O)O)CC1. The largest absolute Gasteiger partial charge is 0.480 e. The summed E-state index contributed by atoms with van der Waals surface area (Å²) in [4.78, 5) is 12.7. The highest BCUT2D eigenvalue weighted by Gasteiger charge is 2.25. The van der Waals surface area contributed by atoms with Gasteiger partial charge >= 0.3 is 5.97 Å². The predicted molar refractivity (Wildman–Crippen MR) is 48.7 cm³/mol. The van der Waals surface area contributed by atoms with Gasteiger partial charge in [0.2, 0.25) is 0 Å². The summed E-state index contributed by atoms with van der Waals surface area (Å²) in [7, 11) is 1.71. The van der Waals surface area contributed by atoms with E-state index in [1.54, 1.807) is 14.0 Å². The quantitative estimate of drug-likeness (QED) is 0.701. The van der Waals surface area contributed by atoms with Crippen LogP contribution in [0.5, 0.6) is 0 Å². The zero-order valence-corrected chi connectivity index (χ0v) is 8.19. The van der Waals surface area contributed by atoms with E-state index < -0.39 is 5.97 Å². The third-order valence-electron chi connectivity index (χ3n) is 2.72. The summed E-state index contributed by atoms with van der Waals surface area (Å²) in [5, 5.41) is 8.78. The monoisotopic (exact) mass is 187 g/mol. The van der Waals surface area contributed by atoms with E-state index in [0.29, 0.717) is 6.10 Å². The number of hydrogen-bond acceptors (Lipinski definition) is 3. The highest BCUT2D eigenvalue weighted by Crippen LogP contribution is 2.15. The maximum atomic E-state index is 10.7. The Kier molecular flexibility index (Phi) is 3.69. The van der Waals surface area contributed by atoms with Crippen LogP contribution in [-0.2, 0) is 9.53 Å². The zero-order chi connectivity index (χ0) is 9.84. The van der Waals surface area contributed by atoms with E-state index in [4.69, 9.17) is 9.84 Å². The Morgan fingerprint density at radius 3 is 2.46 bits per heavy atom. The molecule has 0 aliphatic carbocycles. The molecule has 4 nitrogen and oxygen atoms in total. The Labute approximate surface area is 78.5 Å². The number of ether oxygens (including phenoxy) is 1. The van der Waals surface area contributed by atoms with E-state index in [2.05, 4.69) is 0 Å². The Hall–Kier alpha value is -0.610. The van der Waals surface area contributed by atoms with Gasteiger partial charge in [0.15, 0.2) is 0 Å². The molecule has 1 aliphatic rings. The van der Waals surface area contributed by atoms with Crippen molar-refractivity contribution in [2.45, 2.75) is 31.9 Å². The second-order valence-electron chi connectivity index (χ2n) is 3.49. The first-order chi connectivity index (χ1) is 6.15. The van der Waals surface area contributed by atoms with Crippen LogP contribution >= 0.6 is 0 Å². The third-order valence-corrected chi connectivity index (χ3v) is 2.72. The molecule has 1 rings (SSSR count). The summed E-state index contributed by atoms with van der Waals surface area (Å²) in [5.41, 5.74) is 0. The Balaban J connectivity index is 2.36. The lowest BCUT2D eigenvalue weighted by Gasteiger charge is -2.33. The maximum Gasteiger partial charge on any atom is 0.320 e. The number of aliphatic carboxylic acids is 1. The van der Waals surface area contributed by atoms with Gasteiger partial charge < -0.3 is 9.84 Å². The Morgan fingerprint density at radius 1 is 1.54 bits per heavy atom. The average Bonchev–Trinajstić information content (AvgIpc) is 2.17. The molecule has 0 saturated carbocycles. The van der Waals surface area contributed by atoms with Gasteiger partial charge in [-0.25, -0.2) is 0 Å². The van der Waals surface area contributed by atoms with E-state index >= 15 is 0 Å². The Morgan fingerprint density at radius 2 is 2.08 bits per heavy atom. The van der Waals surface area contributed by atoms with Crippen LogP contribution in [-0.4, -0.2) is 48.3 Å². The van der Waals surface area contributed by atoms with Gasteiger partial charge in [-0.05, 0) is 19.8 Å². The minimum absolute atomic E-state index is 0.317. The highest BCUT2D eigenvalue weighted by atomic mass is 16.5. The van der Waals surface area contributed by atoms with Crippen LogP contribution in [0.15, 0.2) is 0 Å². The number of carboxylic acid groups (broad SMARTS) is 1. The van der Waals surface area contributed by atoms with Gasteiger partial charge in [-0.1, -0.05) is 0 Å². The number of carboxylic acids is 1. The van der Waals surface area contributed by atoms with Crippen LogP contribution in [0.25, 0.3) is 0 Å². The van der Waals surface area contributed by atoms with Crippen molar-refractivity contribution in [2.24, 2.45) is 0 Å². The fraction of sp³-hybridized carbons (Fsp3) is 0.889. The molecular formula is C9H17NO3. The lowest BCUT2D eigenvalue weighted by atomic mass is 10.1. The summed E-state index contributed by atoms with van der Waals surface area (Å²) in [6, 6.07) is -0.363. The fourth-order valence-electron chi connectivity index (χ4n) is 1.65. The average molecular weight is 187 g/mol. The normalized spacial score (nSPS) is 22.9. The lowest BCUT2D eigenvalue weighted by molar-refractivity contribution is -0.143. The number of likely N-dealkylation sites (tertiary alicyclic amines) is 1. The molecule has 0 spiro atoms. The molecule has 0 aromatic heterocycles. The molecule has 1 fully saturated rings. The van der Waals surface area contributed by atoms with E-state index in [9.17, 15) is 4.79 Å². The first-order valence-electron chi connectivity index (χ1n) is 4.64. The maximum absolute atomic E-state index is 10.7. The Bertz CT molecular complexity index is 176. The molecule has 1 aliphatic heterocycles. The molecule has 0 bridgehead atoms. The first kappa shape index (κ1) is 10.5. The van der Waals surface area contributed by atoms with Crippen LogP contribution in [0.4, 0.5) is 0 Å². The van der Waals surface area contributed by atoms with Gasteiger partial charge in [0.1, 0.15) is 6.04 Å². The van der Waals surface area contributed by atoms with Crippen molar-refractivity contribution in [1.29, 1.82) is 0 Å². The van der Waals surface area contributed by atoms with Gasteiger partial charge in [0, 0.05) is 20.2 Å². The number of piperidine rings is 1. The van der Waals surface area contributed by atoms with Gasteiger partial charge in [-0.2, -0.15) is 0 Å². The minimum atomic E-state index is -0.740. The molecule has 76 valence electrons. The van der Waals surface area contributed by atoms with Gasteiger partial charge in [-0.3, -0.25) is 9.69 Å². The molecule has 4 heteroatoms. The van der Waals surface area contributed by atoms with Crippen LogP contribution in [0.1, 0.15) is 19.8 Å². The molecule has 1 atom stereocenters. The molecule has 1 saturated heterocycles. The van der Waals surface area contributed by atoms with Crippen molar-refractivity contribution in [3.8, 4) is 0 Å². The molecule has 0 radical (unpaired) electrons. The molecule has 1 heterocycles. The summed E-state index contributed by atoms with van der Waals surface area (Å²) in [6.07, 6.45) is 2.19. The van der Waals surface area contributed by atoms with E-state index in [1.165, 1.54) is 0 Å². The van der Waals surface area contributed by atoms with E-state index in [1.807, 2.05) is 4.90 Å². The van der Waals surface area contributed by atoms with Crippen LogP contribution in [0, 0.1) is 0 Å². The third kappa shape index (κ3) is 2.67.